The zero-order chi connectivity index (χ0) is 12.5. The van der Waals surface area contributed by atoms with Gasteiger partial charge in [0.1, 0.15) is 6.10 Å². The second kappa shape index (κ2) is 4.75. The molecule has 1 aromatic rings. The molecule has 0 saturated heterocycles. The predicted octanol–water partition coefficient (Wildman–Crippen LogP) is 3.82. The molecule has 3 rings (SSSR count). The van der Waals surface area contributed by atoms with Crippen molar-refractivity contribution in [2.24, 2.45) is 11.8 Å². The van der Waals surface area contributed by atoms with Gasteiger partial charge in [-0.25, -0.2) is 0 Å². The Morgan fingerprint density at radius 3 is 2.78 bits per heavy atom. The molecule has 2 aliphatic rings. The van der Waals surface area contributed by atoms with E-state index < -0.39 is 0 Å². The molecule has 0 amide bonds. The third kappa shape index (κ3) is 1.84. The van der Waals surface area contributed by atoms with Crippen molar-refractivity contribution in [3.05, 3.63) is 35.4 Å². The maximum absolute atomic E-state index is 10.7. The zero-order valence-electron chi connectivity index (χ0n) is 10.8. The number of ether oxygens (including phenoxy) is 1. The quantitative estimate of drug-likeness (QED) is 0.739. The van der Waals surface area contributed by atoms with Gasteiger partial charge in [0.25, 0.3) is 6.47 Å². The van der Waals surface area contributed by atoms with Gasteiger partial charge in [0, 0.05) is 0 Å². The molecule has 1 aromatic carbocycles. The highest BCUT2D eigenvalue weighted by Gasteiger charge is 2.39. The normalized spacial score (nSPS) is 34.3. The lowest BCUT2D eigenvalue weighted by Crippen LogP contribution is -2.32. The van der Waals surface area contributed by atoms with E-state index in [1.807, 2.05) is 6.07 Å². The lowest BCUT2D eigenvalue weighted by atomic mass is 9.63. The molecule has 4 atom stereocenters. The second-order valence-corrected chi connectivity index (χ2v) is 5.76. The largest absolute Gasteiger partial charge is 0.460 e. The van der Waals surface area contributed by atoms with Gasteiger partial charge in [-0.1, -0.05) is 44.0 Å². The van der Waals surface area contributed by atoms with Crippen molar-refractivity contribution in [3.63, 3.8) is 0 Å². The molecule has 18 heavy (non-hydrogen) atoms. The van der Waals surface area contributed by atoms with Gasteiger partial charge in [0.15, 0.2) is 0 Å². The van der Waals surface area contributed by atoms with E-state index in [-0.39, 0.29) is 6.10 Å². The van der Waals surface area contributed by atoms with Gasteiger partial charge in [0.2, 0.25) is 0 Å². The number of benzene rings is 1. The van der Waals surface area contributed by atoms with Crippen LogP contribution in [0.25, 0.3) is 0 Å². The summed E-state index contributed by atoms with van der Waals surface area (Å²) in [5, 5.41) is 0. The zero-order valence-corrected chi connectivity index (χ0v) is 10.8. The Hall–Kier alpha value is -1.31. The van der Waals surface area contributed by atoms with Crippen molar-refractivity contribution in [3.8, 4) is 0 Å². The molecule has 96 valence electrons. The number of hydrogen-bond acceptors (Lipinski definition) is 2. The molecule has 0 heterocycles. The highest BCUT2D eigenvalue weighted by molar-refractivity contribution is 5.42. The molecule has 2 heteroatoms. The first-order valence-electron chi connectivity index (χ1n) is 6.99. The van der Waals surface area contributed by atoms with Crippen molar-refractivity contribution < 1.29 is 9.53 Å². The van der Waals surface area contributed by atoms with Crippen LogP contribution in [0.15, 0.2) is 24.3 Å². The van der Waals surface area contributed by atoms with Crippen LogP contribution in [0, 0.1) is 11.8 Å². The molecule has 4 unspecified atom stereocenters. The summed E-state index contributed by atoms with van der Waals surface area (Å²) < 4.78 is 5.33. The van der Waals surface area contributed by atoms with Crippen LogP contribution in [0.2, 0.25) is 0 Å². The number of carbonyl (C=O) groups is 1. The molecule has 2 nitrogen and oxygen atoms in total. The summed E-state index contributed by atoms with van der Waals surface area (Å²) in [4.78, 5) is 10.7. The molecule has 0 aromatic heterocycles. The van der Waals surface area contributed by atoms with Crippen LogP contribution in [0.1, 0.15) is 55.8 Å². The highest BCUT2D eigenvalue weighted by atomic mass is 16.5. The van der Waals surface area contributed by atoms with Crippen molar-refractivity contribution in [2.75, 3.05) is 0 Å². The molecule has 2 aliphatic carbocycles. The van der Waals surface area contributed by atoms with Gasteiger partial charge in [-0.15, -0.1) is 0 Å². The van der Waals surface area contributed by atoms with Gasteiger partial charge < -0.3 is 4.74 Å². The van der Waals surface area contributed by atoms with E-state index in [4.69, 9.17) is 4.74 Å². The summed E-state index contributed by atoms with van der Waals surface area (Å²) in [7, 11) is 0. The first-order chi connectivity index (χ1) is 8.81. The van der Waals surface area contributed by atoms with Crippen molar-refractivity contribution in [1.82, 2.24) is 0 Å². The minimum atomic E-state index is -0.0273. The van der Waals surface area contributed by atoms with Crippen LogP contribution in [-0.4, -0.2) is 6.47 Å². The standard InChI is InChI=1S/C16H20O2/c1-11-5-4-8-13-12-6-2-3-7-14(12)16(18-10-17)9-15(11)13/h2-3,6-7,10-11,13,15-16H,4-5,8-9H2,1H3. The Kier molecular flexibility index (Phi) is 3.11. The molecule has 0 radical (unpaired) electrons. The Morgan fingerprint density at radius 2 is 2.00 bits per heavy atom. The summed E-state index contributed by atoms with van der Waals surface area (Å²) >= 11 is 0. The average Bonchev–Trinajstić information content (AvgIpc) is 2.40. The van der Waals surface area contributed by atoms with Crippen molar-refractivity contribution >= 4 is 6.47 Å². The van der Waals surface area contributed by atoms with E-state index in [1.54, 1.807) is 0 Å². The SMILES string of the molecule is CC1CCCC2c3ccccc3C(OC=O)CC12. The Balaban J connectivity index is 2.00. The number of carbonyl (C=O) groups excluding carboxylic acids is 1. The van der Waals surface area contributed by atoms with Crippen molar-refractivity contribution in [1.29, 1.82) is 0 Å². The molecule has 1 saturated carbocycles. The van der Waals surface area contributed by atoms with Crippen LogP contribution in [0.5, 0.6) is 0 Å². The molecule has 1 fully saturated rings. The van der Waals surface area contributed by atoms with Crippen LogP contribution in [-0.2, 0) is 9.53 Å². The maximum atomic E-state index is 10.7. The summed E-state index contributed by atoms with van der Waals surface area (Å²) in [5.41, 5.74) is 2.66. The topological polar surface area (TPSA) is 26.3 Å². The molecule has 0 spiro atoms. The fraction of sp³-hybridized carbons (Fsp3) is 0.562. The summed E-state index contributed by atoms with van der Waals surface area (Å²) in [6.07, 6.45) is 4.91. The monoisotopic (exact) mass is 244 g/mol. The van der Waals surface area contributed by atoms with Gasteiger partial charge in [-0.2, -0.15) is 0 Å². The molecule has 0 N–H and O–H groups in total. The molecular formula is C16H20O2. The Bertz CT molecular complexity index is 440. The predicted molar refractivity (Wildman–Crippen MR) is 70.2 cm³/mol. The van der Waals surface area contributed by atoms with Gasteiger partial charge >= 0.3 is 0 Å². The van der Waals surface area contributed by atoms with E-state index in [1.165, 1.54) is 30.4 Å². The minimum absolute atomic E-state index is 0.0273. The molecular weight excluding hydrogens is 224 g/mol. The fourth-order valence-electron chi connectivity index (χ4n) is 3.98. The van der Waals surface area contributed by atoms with Gasteiger partial charge in [-0.05, 0) is 41.7 Å². The lowest BCUT2D eigenvalue weighted by molar-refractivity contribution is -0.135. The van der Waals surface area contributed by atoms with Crippen LogP contribution < -0.4 is 0 Å². The van der Waals surface area contributed by atoms with Gasteiger partial charge in [-0.3, -0.25) is 4.79 Å². The van der Waals surface area contributed by atoms with E-state index in [0.29, 0.717) is 18.3 Å². The summed E-state index contributed by atoms with van der Waals surface area (Å²) in [5.74, 6) is 2.10. The third-order valence-corrected chi connectivity index (χ3v) is 4.87. The number of fused-ring (bicyclic) bond motifs is 3. The van der Waals surface area contributed by atoms with E-state index in [9.17, 15) is 4.79 Å². The molecule has 0 bridgehead atoms. The van der Waals surface area contributed by atoms with E-state index in [0.717, 1.165) is 12.3 Å². The summed E-state index contributed by atoms with van der Waals surface area (Å²) in [6, 6.07) is 8.51. The first-order valence-corrected chi connectivity index (χ1v) is 6.99. The molecule has 0 aliphatic heterocycles. The fourth-order valence-corrected chi connectivity index (χ4v) is 3.98. The minimum Gasteiger partial charge on any atom is -0.460 e. The summed E-state index contributed by atoms with van der Waals surface area (Å²) in [6.45, 7) is 2.96. The van der Waals surface area contributed by atoms with Crippen LogP contribution >= 0.6 is 0 Å². The number of rotatable bonds is 2. The smallest absolute Gasteiger partial charge is 0.293 e. The highest BCUT2D eigenvalue weighted by Crippen LogP contribution is 2.51. The third-order valence-electron chi connectivity index (χ3n) is 4.87. The van der Waals surface area contributed by atoms with Crippen LogP contribution in [0.4, 0.5) is 0 Å². The maximum Gasteiger partial charge on any atom is 0.293 e. The van der Waals surface area contributed by atoms with Crippen molar-refractivity contribution in [2.45, 2.75) is 44.6 Å². The van der Waals surface area contributed by atoms with E-state index >= 15 is 0 Å². The van der Waals surface area contributed by atoms with Gasteiger partial charge in [0.05, 0.1) is 0 Å². The average molecular weight is 244 g/mol. The Morgan fingerprint density at radius 1 is 1.22 bits per heavy atom. The lowest BCUT2D eigenvalue weighted by Gasteiger charge is -2.43. The van der Waals surface area contributed by atoms with Crippen LogP contribution in [0.3, 0.4) is 0 Å². The Labute approximate surface area is 108 Å². The number of hydrogen-bond donors (Lipinski definition) is 0. The van der Waals surface area contributed by atoms with E-state index in [2.05, 4.69) is 25.1 Å². The second-order valence-electron chi connectivity index (χ2n) is 5.76. The first kappa shape index (κ1) is 11.8.